The van der Waals surface area contributed by atoms with E-state index in [0.717, 1.165) is 5.56 Å². The summed E-state index contributed by atoms with van der Waals surface area (Å²) in [6, 6.07) is 25.0. The molecule has 0 atom stereocenters. The molecular formula is C31H26ClN3O5. The van der Waals surface area contributed by atoms with Gasteiger partial charge in [-0.25, -0.2) is 10.2 Å². The maximum absolute atomic E-state index is 12.5. The number of amides is 2. The number of nitrogens with one attached hydrogen (secondary N) is 2. The molecule has 0 fully saturated rings. The molecule has 8 nitrogen and oxygen atoms in total. The molecular weight excluding hydrogens is 530 g/mol. The summed E-state index contributed by atoms with van der Waals surface area (Å²) < 4.78 is 11.1. The number of halogens is 1. The predicted molar refractivity (Wildman–Crippen MR) is 155 cm³/mol. The van der Waals surface area contributed by atoms with Gasteiger partial charge in [-0.3, -0.25) is 9.59 Å². The van der Waals surface area contributed by atoms with Gasteiger partial charge in [0.15, 0.2) is 11.5 Å². The Morgan fingerprint density at radius 2 is 1.43 bits per heavy atom. The molecule has 0 aromatic heterocycles. The SMILES string of the molecule is CCOc1cc(/C=N\NC(=O)c2ccc(NC(=O)c3ccc(C)cc3)cc2)ccc1OC(=O)c1ccc(Cl)cc1. The van der Waals surface area contributed by atoms with E-state index in [4.69, 9.17) is 21.1 Å². The Labute approximate surface area is 236 Å². The van der Waals surface area contributed by atoms with E-state index < -0.39 is 11.9 Å². The first-order valence-electron chi connectivity index (χ1n) is 12.4. The van der Waals surface area contributed by atoms with Gasteiger partial charge in [-0.2, -0.15) is 5.10 Å². The smallest absolute Gasteiger partial charge is 0.343 e. The summed E-state index contributed by atoms with van der Waals surface area (Å²) >= 11 is 5.88. The lowest BCUT2D eigenvalue weighted by molar-refractivity contribution is 0.0728. The minimum atomic E-state index is -0.549. The summed E-state index contributed by atoms with van der Waals surface area (Å²) in [5.74, 6) is -0.613. The van der Waals surface area contributed by atoms with Crippen LogP contribution in [0.4, 0.5) is 5.69 Å². The van der Waals surface area contributed by atoms with Crippen molar-refractivity contribution in [3.8, 4) is 11.5 Å². The first kappa shape index (κ1) is 28.1. The lowest BCUT2D eigenvalue weighted by Gasteiger charge is -2.11. The number of aryl methyl sites for hydroxylation is 1. The number of hydrogen-bond acceptors (Lipinski definition) is 6. The molecule has 0 spiro atoms. The molecule has 4 rings (SSSR count). The molecule has 4 aromatic carbocycles. The van der Waals surface area contributed by atoms with Crippen molar-refractivity contribution in [3.63, 3.8) is 0 Å². The molecule has 0 radical (unpaired) electrons. The van der Waals surface area contributed by atoms with Gasteiger partial charge in [0.05, 0.1) is 18.4 Å². The highest BCUT2D eigenvalue weighted by Crippen LogP contribution is 2.29. The number of nitrogens with zero attached hydrogens (tertiary/aromatic N) is 1. The van der Waals surface area contributed by atoms with Crippen molar-refractivity contribution in [2.75, 3.05) is 11.9 Å². The first-order chi connectivity index (χ1) is 19.3. The van der Waals surface area contributed by atoms with E-state index in [1.807, 2.05) is 26.0 Å². The van der Waals surface area contributed by atoms with E-state index in [0.29, 0.717) is 45.3 Å². The predicted octanol–water partition coefficient (Wildman–Crippen LogP) is 6.28. The number of hydrogen-bond donors (Lipinski definition) is 2. The molecule has 0 unspecified atom stereocenters. The third-order valence-corrected chi connectivity index (χ3v) is 5.90. The normalized spacial score (nSPS) is 10.7. The molecule has 0 saturated carbocycles. The maximum Gasteiger partial charge on any atom is 0.343 e. The molecule has 0 aliphatic carbocycles. The number of esters is 1. The van der Waals surface area contributed by atoms with Crippen molar-refractivity contribution in [2.24, 2.45) is 5.10 Å². The zero-order valence-electron chi connectivity index (χ0n) is 21.8. The third-order valence-electron chi connectivity index (χ3n) is 5.65. The van der Waals surface area contributed by atoms with Crippen LogP contribution < -0.4 is 20.2 Å². The largest absolute Gasteiger partial charge is 0.490 e. The molecule has 0 heterocycles. The van der Waals surface area contributed by atoms with E-state index in [1.54, 1.807) is 78.9 Å². The van der Waals surface area contributed by atoms with Crippen molar-refractivity contribution in [1.82, 2.24) is 5.43 Å². The Morgan fingerprint density at radius 1 is 0.800 bits per heavy atom. The van der Waals surface area contributed by atoms with Crippen LogP contribution in [0.15, 0.2) is 96.1 Å². The Kier molecular flexibility index (Phi) is 9.27. The highest BCUT2D eigenvalue weighted by Gasteiger charge is 2.13. The fourth-order valence-corrected chi connectivity index (χ4v) is 3.67. The van der Waals surface area contributed by atoms with Crippen LogP contribution in [-0.4, -0.2) is 30.6 Å². The summed E-state index contributed by atoms with van der Waals surface area (Å²) in [4.78, 5) is 37.4. The maximum atomic E-state index is 12.5. The van der Waals surface area contributed by atoms with Gasteiger partial charge in [0.2, 0.25) is 0 Å². The molecule has 2 amide bonds. The van der Waals surface area contributed by atoms with E-state index in [2.05, 4.69) is 15.8 Å². The van der Waals surface area contributed by atoms with Crippen molar-refractivity contribution in [3.05, 3.63) is 124 Å². The van der Waals surface area contributed by atoms with Gasteiger partial charge in [0, 0.05) is 21.8 Å². The Morgan fingerprint density at radius 3 is 2.10 bits per heavy atom. The van der Waals surface area contributed by atoms with Crippen molar-refractivity contribution >= 4 is 41.3 Å². The molecule has 0 saturated heterocycles. The highest BCUT2D eigenvalue weighted by atomic mass is 35.5. The molecule has 0 bridgehead atoms. The van der Waals surface area contributed by atoms with Crippen LogP contribution in [0.1, 0.15) is 49.1 Å². The van der Waals surface area contributed by atoms with Gasteiger partial charge in [-0.15, -0.1) is 0 Å². The quantitative estimate of drug-likeness (QED) is 0.109. The fourth-order valence-electron chi connectivity index (χ4n) is 3.55. The second-order valence-electron chi connectivity index (χ2n) is 8.63. The zero-order valence-corrected chi connectivity index (χ0v) is 22.6. The van der Waals surface area contributed by atoms with E-state index in [1.165, 1.54) is 6.21 Å². The van der Waals surface area contributed by atoms with Crippen molar-refractivity contribution in [1.29, 1.82) is 0 Å². The third kappa shape index (κ3) is 7.55. The van der Waals surface area contributed by atoms with Gasteiger partial charge < -0.3 is 14.8 Å². The summed E-state index contributed by atoms with van der Waals surface area (Å²) in [6.45, 7) is 4.11. The molecule has 9 heteroatoms. The van der Waals surface area contributed by atoms with Crippen molar-refractivity contribution < 1.29 is 23.9 Å². The van der Waals surface area contributed by atoms with Gasteiger partial charge in [-0.1, -0.05) is 29.3 Å². The van der Waals surface area contributed by atoms with E-state index in [9.17, 15) is 14.4 Å². The number of hydrazone groups is 1. The number of ether oxygens (including phenoxy) is 2. The summed E-state index contributed by atoms with van der Waals surface area (Å²) in [5.41, 5.74) is 5.97. The van der Waals surface area contributed by atoms with Crippen LogP contribution in [0.2, 0.25) is 5.02 Å². The number of anilines is 1. The second kappa shape index (κ2) is 13.2. The Hall–Kier alpha value is -4.95. The second-order valence-corrected chi connectivity index (χ2v) is 9.07. The summed E-state index contributed by atoms with van der Waals surface area (Å²) in [5, 5.41) is 7.33. The van der Waals surface area contributed by atoms with Crippen LogP contribution in [0.3, 0.4) is 0 Å². The molecule has 202 valence electrons. The minimum Gasteiger partial charge on any atom is -0.490 e. The number of carbonyl (C=O) groups is 3. The summed E-state index contributed by atoms with van der Waals surface area (Å²) in [6.07, 6.45) is 1.45. The average molecular weight is 556 g/mol. The van der Waals surface area contributed by atoms with Gasteiger partial charge in [0.25, 0.3) is 11.8 Å². The summed E-state index contributed by atoms with van der Waals surface area (Å²) in [7, 11) is 0. The van der Waals surface area contributed by atoms with E-state index >= 15 is 0 Å². The van der Waals surface area contributed by atoms with Gasteiger partial charge >= 0.3 is 5.97 Å². The molecule has 40 heavy (non-hydrogen) atoms. The lowest BCUT2D eigenvalue weighted by Crippen LogP contribution is -2.18. The minimum absolute atomic E-state index is 0.237. The molecule has 4 aromatic rings. The van der Waals surface area contributed by atoms with Gasteiger partial charge in [-0.05, 0) is 98.3 Å². The lowest BCUT2D eigenvalue weighted by atomic mass is 10.1. The number of rotatable bonds is 9. The topological polar surface area (TPSA) is 106 Å². The first-order valence-corrected chi connectivity index (χ1v) is 12.8. The Bertz CT molecular complexity index is 1530. The number of carbonyl (C=O) groups excluding carboxylic acids is 3. The fraction of sp³-hybridized carbons (Fsp3) is 0.0968. The molecule has 0 aliphatic heterocycles. The van der Waals surface area contributed by atoms with E-state index in [-0.39, 0.29) is 11.7 Å². The van der Waals surface area contributed by atoms with Crippen LogP contribution in [0.25, 0.3) is 0 Å². The van der Waals surface area contributed by atoms with Crippen molar-refractivity contribution in [2.45, 2.75) is 13.8 Å². The molecule has 2 N–H and O–H groups in total. The monoisotopic (exact) mass is 555 g/mol. The van der Waals surface area contributed by atoms with Crippen LogP contribution >= 0.6 is 11.6 Å². The molecule has 0 aliphatic rings. The highest BCUT2D eigenvalue weighted by molar-refractivity contribution is 6.30. The average Bonchev–Trinajstić information content (AvgIpc) is 2.95. The van der Waals surface area contributed by atoms with Crippen LogP contribution in [-0.2, 0) is 0 Å². The zero-order chi connectivity index (χ0) is 28.5. The standard InChI is InChI=1S/C31H26ClN3O5/c1-3-39-28-18-21(6-17-27(28)40-31(38)24-9-13-25(32)14-10-24)19-33-35-30(37)23-11-15-26(16-12-23)34-29(36)22-7-4-20(2)5-8-22/h4-19H,3H2,1-2H3,(H,34,36)(H,35,37)/b33-19-. The number of benzene rings is 4. The van der Waals surface area contributed by atoms with Crippen LogP contribution in [0, 0.1) is 6.92 Å². The van der Waals surface area contributed by atoms with Gasteiger partial charge in [0.1, 0.15) is 0 Å². The Balaban J connectivity index is 1.35. The van der Waals surface area contributed by atoms with Crippen LogP contribution in [0.5, 0.6) is 11.5 Å².